The lowest BCUT2D eigenvalue weighted by Gasteiger charge is -2.34. The van der Waals surface area contributed by atoms with E-state index in [1.54, 1.807) is 30.3 Å². The molecule has 0 bridgehead atoms. The zero-order valence-corrected chi connectivity index (χ0v) is 23.9. The number of nitrogens with zero attached hydrogens (tertiary/aromatic N) is 2. The standard InChI is InChI=1S/C27H35Cl2N3O4S/c1-4-25(27(34)30-21-11-6-5-7-12-21)31(17-20-10-8-9-13-23(20)28)26(33)18-32(37(3,35)36)22-15-14-19(2)24(29)16-22/h8-10,13-16,21,25H,4-7,11-12,17-18H2,1-3H3,(H,30,34)/t25-/m1/s1. The lowest BCUT2D eigenvalue weighted by atomic mass is 9.95. The lowest BCUT2D eigenvalue weighted by molar-refractivity contribution is -0.140. The Balaban J connectivity index is 1.93. The number of halogens is 2. The van der Waals surface area contributed by atoms with Crippen molar-refractivity contribution in [3.63, 3.8) is 0 Å². The number of hydrogen-bond donors (Lipinski definition) is 1. The first kappa shape index (κ1) is 29.3. The number of aryl methyl sites for hydroxylation is 1. The molecule has 0 unspecified atom stereocenters. The van der Waals surface area contributed by atoms with Crippen molar-refractivity contribution in [3.05, 3.63) is 63.6 Å². The lowest BCUT2D eigenvalue weighted by Crippen LogP contribution is -2.54. The summed E-state index contributed by atoms with van der Waals surface area (Å²) in [6, 6.07) is 11.2. The van der Waals surface area contributed by atoms with Crippen molar-refractivity contribution in [1.29, 1.82) is 0 Å². The van der Waals surface area contributed by atoms with Gasteiger partial charge in [0, 0.05) is 22.6 Å². The van der Waals surface area contributed by atoms with E-state index in [0.29, 0.717) is 22.0 Å². The summed E-state index contributed by atoms with van der Waals surface area (Å²) in [6.07, 6.45) is 6.51. The molecule has 1 aliphatic carbocycles. The Morgan fingerprint density at radius 3 is 2.32 bits per heavy atom. The predicted octanol–water partition coefficient (Wildman–Crippen LogP) is 5.32. The van der Waals surface area contributed by atoms with Gasteiger partial charge in [0.2, 0.25) is 21.8 Å². The van der Waals surface area contributed by atoms with Crippen molar-refractivity contribution < 1.29 is 18.0 Å². The highest BCUT2D eigenvalue weighted by atomic mass is 35.5. The summed E-state index contributed by atoms with van der Waals surface area (Å²) >= 11 is 12.7. The SMILES string of the molecule is CC[C@H](C(=O)NC1CCCCC1)N(Cc1ccccc1Cl)C(=O)CN(c1ccc(C)c(Cl)c1)S(C)(=O)=O. The molecule has 202 valence electrons. The fourth-order valence-electron chi connectivity index (χ4n) is 4.62. The Kier molecular flexibility index (Phi) is 10.3. The van der Waals surface area contributed by atoms with Gasteiger partial charge in [0.05, 0.1) is 11.9 Å². The summed E-state index contributed by atoms with van der Waals surface area (Å²) in [5.41, 5.74) is 1.74. The Bertz CT molecular complexity index is 1220. The molecule has 0 saturated heterocycles. The van der Waals surface area contributed by atoms with Crippen molar-refractivity contribution in [2.75, 3.05) is 17.1 Å². The molecule has 2 aromatic rings. The van der Waals surface area contributed by atoms with E-state index in [-0.39, 0.29) is 24.2 Å². The molecule has 0 aromatic heterocycles. The second-order valence-electron chi connectivity index (χ2n) is 9.58. The Morgan fingerprint density at radius 2 is 1.73 bits per heavy atom. The van der Waals surface area contributed by atoms with Gasteiger partial charge in [-0.1, -0.05) is 73.7 Å². The van der Waals surface area contributed by atoms with E-state index < -0.39 is 28.5 Å². The molecule has 7 nitrogen and oxygen atoms in total. The number of carbonyl (C=O) groups excluding carboxylic acids is 2. The average molecular weight is 569 g/mol. The fourth-order valence-corrected chi connectivity index (χ4v) is 5.84. The molecular formula is C27H35Cl2N3O4S. The number of hydrogen-bond acceptors (Lipinski definition) is 4. The highest BCUT2D eigenvalue weighted by Crippen LogP contribution is 2.26. The average Bonchev–Trinajstić information content (AvgIpc) is 2.85. The second kappa shape index (κ2) is 13.0. The number of nitrogens with one attached hydrogen (secondary N) is 1. The van der Waals surface area contributed by atoms with Gasteiger partial charge in [-0.15, -0.1) is 0 Å². The van der Waals surface area contributed by atoms with E-state index in [9.17, 15) is 18.0 Å². The molecule has 0 radical (unpaired) electrons. The Morgan fingerprint density at radius 1 is 1.05 bits per heavy atom. The summed E-state index contributed by atoms with van der Waals surface area (Å²) in [6.45, 7) is 3.24. The maximum absolute atomic E-state index is 13.8. The van der Waals surface area contributed by atoms with Gasteiger partial charge < -0.3 is 10.2 Å². The van der Waals surface area contributed by atoms with Crippen LogP contribution in [-0.2, 0) is 26.2 Å². The first-order chi connectivity index (χ1) is 17.5. The van der Waals surface area contributed by atoms with E-state index in [1.165, 1.54) is 11.0 Å². The minimum absolute atomic E-state index is 0.0708. The molecule has 3 rings (SSSR count). The molecule has 0 spiro atoms. The quantitative estimate of drug-likeness (QED) is 0.420. The van der Waals surface area contributed by atoms with Crippen LogP contribution in [-0.4, -0.2) is 50.0 Å². The van der Waals surface area contributed by atoms with Crippen LogP contribution in [0.4, 0.5) is 5.69 Å². The minimum atomic E-state index is -3.83. The zero-order valence-electron chi connectivity index (χ0n) is 21.5. The van der Waals surface area contributed by atoms with Crippen molar-refractivity contribution in [1.82, 2.24) is 10.2 Å². The van der Waals surface area contributed by atoms with Gasteiger partial charge in [0.15, 0.2) is 0 Å². The van der Waals surface area contributed by atoms with Crippen molar-refractivity contribution in [2.24, 2.45) is 0 Å². The summed E-state index contributed by atoms with van der Waals surface area (Å²) in [4.78, 5) is 28.7. The Labute approximate surface area is 230 Å². The number of carbonyl (C=O) groups is 2. The van der Waals surface area contributed by atoms with Gasteiger partial charge in [-0.25, -0.2) is 8.42 Å². The molecule has 0 heterocycles. The third kappa shape index (κ3) is 7.85. The molecule has 37 heavy (non-hydrogen) atoms. The third-order valence-corrected chi connectivity index (χ3v) is 8.68. The van der Waals surface area contributed by atoms with Crippen LogP contribution in [0.1, 0.15) is 56.6 Å². The topological polar surface area (TPSA) is 86.8 Å². The summed E-state index contributed by atoms with van der Waals surface area (Å²) in [7, 11) is -3.83. The first-order valence-corrected chi connectivity index (χ1v) is 15.2. The predicted molar refractivity (Wildman–Crippen MR) is 149 cm³/mol. The largest absolute Gasteiger partial charge is 0.352 e. The van der Waals surface area contributed by atoms with E-state index >= 15 is 0 Å². The Hall–Kier alpha value is -2.29. The number of amides is 2. The van der Waals surface area contributed by atoms with E-state index in [0.717, 1.165) is 48.2 Å². The molecule has 1 saturated carbocycles. The van der Waals surface area contributed by atoms with Gasteiger partial charge in [-0.05, 0) is 55.5 Å². The summed E-state index contributed by atoms with van der Waals surface area (Å²) in [5, 5.41) is 3.98. The molecule has 0 aliphatic heterocycles. The molecule has 1 atom stereocenters. The maximum atomic E-state index is 13.8. The van der Waals surface area contributed by atoms with E-state index in [1.807, 2.05) is 19.9 Å². The van der Waals surface area contributed by atoms with Gasteiger partial charge in [0.1, 0.15) is 12.6 Å². The van der Waals surface area contributed by atoms with Crippen LogP contribution in [0, 0.1) is 6.92 Å². The highest BCUT2D eigenvalue weighted by molar-refractivity contribution is 7.92. The van der Waals surface area contributed by atoms with Crippen LogP contribution in [0.25, 0.3) is 0 Å². The van der Waals surface area contributed by atoms with Gasteiger partial charge >= 0.3 is 0 Å². The van der Waals surface area contributed by atoms with Crippen LogP contribution >= 0.6 is 23.2 Å². The number of benzene rings is 2. The van der Waals surface area contributed by atoms with Crippen LogP contribution in [0.2, 0.25) is 10.0 Å². The number of rotatable bonds is 10. The monoisotopic (exact) mass is 567 g/mol. The molecule has 1 fully saturated rings. The van der Waals surface area contributed by atoms with Gasteiger partial charge in [-0.2, -0.15) is 0 Å². The zero-order chi connectivity index (χ0) is 27.2. The highest BCUT2D eigenvalue weighted by Gasteiger charge is 2.33. The van der Waals surface area contributed by atoms with Crippen LogP contribution in [0.15, 0.2) is 42.5 Å². The minimum Gasteiger partial charge on any atom is -0.352 e. The molecule has 1 N–H and O–H groups in total. The number of sulfonamides is 1. The molecule has 2 amide bonds. The molecule has 1 aliphatic rings. The maximum Gasteiger partial charge on any atom is 0.244 e. The van der Waals surface area contributed by atoms with Crippen LogP contribution in [0.3, 0.4) is 0 Å². The molecule has 2 aromatic carbocycles. The van der Waals surface area contributed by atoms with Crippen LogP contribution < -0.4 is 9.62 Å². The fraction of sp³-hybridized carbons (Fsp3) is 0.481. The summed E-state index contributed by atoms with van der Waals surface area (Å²) in [5.74, 6) is -0.744. The third-order valence-electron chi connectivity index (χ3n) is 6.76. The normalized spacial score (nSPS) is 15.2. The molecule has 10 heteroatoms. The van der Waals surface area contributed by atoms with Crippen LogP contribution in [0.5, 0.6) is 0 Å². The first-order valence-electron chi connectivity index (χ1n) is 12.6. The summed E-state index contributed by atoms with van der Waals surface area (Å²) < 4.78 is 26.5. The van der Waals surface area contributed by atoms with E-state index in [2.05, 4.69) is 5.32 Å². The van der Waals surface area contributed by atoms with Crippen molar-refractivity contribution in [2.45, 2.75) is 71.0 Å². The van der Waals surface area contributed by atoms with Crippen molar-refractivity contribution >= 4 is 50.7 Å². The van der Waals surface area contributed by atoms with Gasteiger partial charge in [-0.3, -0.25) is 13.9 Å². The smallest absolute Gasteiger partial charge is 0.244 e. The second-order valence-corrected chi connectivity index (χ2v) is 12.3. The van der Waals surface area contributed by atoms with E-state index in [4.69, 9.17) is 23.2 Å². The van der Waals surface area contributed by atoms with Gasteiger partial charge in [0.25, 0.3) is 0 Å². The number of anilines is 1. The van der Waals surface area contributed by atoms with Crippen molar-refractivity contribution in [3.8, 4) is 0 Å². The molecular weight excluding hydrogens is 533 g/mol.